The Kier molecular flexibility index (Phi) is 3.87. The monoisotopic (exact) mass is 346 g/mol. The second-order valence-corrected chi connectivity index (χ2v) is 6.40. The fraction of sp³-hybridized carbons (Fsp3) is 0. The topological polar surface area (TPSA) is 80.9 Å². The first kappa shape index (κ1) is 15.3. The number of hydrogen-bond acceptors (Lipinski definition) is 5. The number of aromatic nitrogens is 2. The Morgan fingerprint density at radius 3 is 2.48 bits per heavy atom. The standard InChI is InChI=1S/C19H14N4OS/c20-17(24)12-7-9-13(10-8-12)21-18-14-4-1-2-5-15(14)22-19(23-18)16-6-3-11-25-16/h1-11H,(H2,20,24)(H,21,22,23). The third-order valence-electron chi connectivity index (χ3n) is 3.78. The molecular weight excluding hydrogens is 332 g/mol. The third kappa shape index (κ3) is 3.07. The van der Waals surface area contributed by atoms with Crippen molar-refractivity contribution in [3.8, 4) is 10.7 Å². The molecule has 0 spiro atoms. The van der Waals surface area contributed by atoms with Crippen LogP contribution in [0.1, 0.15) is 10.4 Å². The van der Waals surface area contributed by atoms with Gasteiger partial charge in [0.25, 0.3) is 0 Å². The lowest BCUT2D eigenvalue weighted by Crippen LogP contribution is -2.10. The Balaban J connectivity index is 1.78. The van der Waals surface area contributed by atoms with E-state index in [0.29, 0.717) is 11.4 Å². The Morgan fingerprint density at radius 2 is 1.76 bits per heavy atom. The minimum absolute atomic E-state index is 0.445. The van der Waals surface area contributed by atoms with Crippen LogP contribution in [-0.2, 0) is 0 Å². The fourth-order valence-electron chi connectivity index (χ4n) is 2.54. The molecule has 2 heterocycles. The maximum absolute atomic E-state index is 11.2. The number of hydrogen-bond donors (Lipinski definition) is 2. The van der Waals surface area contributed by atoms with E-state index in [2.05, 4.69) is 10.3 Å². The summed E-state index contributed by atoms with van der Waals surface area (Å²) in [5.74, 6) is 0.963. The van der Waals surface area contributed by atoms with E-state index in [1.54, 1.807) is 23.5 Å². The van der Waals surface area contributed by atoms with E-state index in [0.717, 1.165) is 27.3 Å². The van der Waals surface area contributed by atoms with Gasteiger partial charge in [0.1, 0.15) is 5.82 Å². The molecule has 2 aromatic heterocycles. The van der Waals surface area contributed by atoms with Crippen molar-refractivity contribution in [2.75, 3.05) is 5.32 Å². The zero-order chi connectivity index (χ0) is 17.2. The van der Waals surface area contributed by atoms with Gasteiger partial charge >= 0.3 is 0 Å². The van der Waals surface area contributed by atoms with Gasteiger partial charge < -0.3 is 11.1 Å². The van der Waals surface area contributed by atoms with Crippen LogP contribution in [0.5, 0.6) is 0 Å². The number of nitrogens with one attached hydrogen (secondary N) is 1. The lowest BCUT2D eigenvalue weighted by molar-refractivity contribution is 0.100. The number of anilines is 2. The third-order valence-corrected chi connectivity index (χ3v) is 4.64. The van der Waals surface area contributed by atoms with Crippen molar-refractivity contribution < 1.29 is 4.79 Å². The summed E-state index contributed by atoms with van der Waals surface area (Å²) in [7, 11) is 0. The second kappa shape index (κ2) is 6.33. The molecule has 3 N–H and O–H groups in total. The Labute approximate surface area is 148 Å². The molecule has 122 valence electrons. The largest absolute Gasteiger partial charge is 0.366 e. The number of fused-ring (bicyclic) bond motifs is 1. The smallest absolute Gasteiger partial charge is 0.248 e. The molecule has 25 heavy (non-hydrogen) atoms. The number of primary amides is 1. The number of carbonyl (C=O) groups excluding carboxylic acids is 1. The van der Waals surface area contributed by atoms with Crippen LogP contribution in [0, 0.1) is 0 Å². The van der Waals surface area contributed by atoms with E-state index in [1.807, 2.05) is 53.9 Å². The van der Waals surface area contributed by atoms with Crippen molar-refractivity contribution in [3.63, 3.8) is 0 Å². The molecule has 0 saturated carbocycles. The van der Waals surface area contributed by atoms with Gasteiger partial charge in [0.15, 0.2) is 5.82 Å². The van der Waals surface area contributed by atoms with Gasteiger partial charge in [0, 0.05) is 16.6 Å². The highest BCUT2D eigenvalue weighted by Gasteiger charge is 2.10. The van der Waals surface area contributed by atoms with E-state index in [1.165, 1.54) is 0 Å². The first-order chi connectivity index (χ1) is 12.2. The van der Waals surface area contributed by atoms with Gasteiger partial charge in [0.2, 0.25) is 5.91 Å². The molecule has 0 fully saturated rings. The zero-order valence-corrected chi connectivity index (χ0v) is 14.0. The van der Waals surface area contributed by atoms with Crippen LogP contribution in [-0.4, -0.2) is 15.9 Å². The molecule has 6 heteroatoms. The Hall–Kier alpha value is -3.25. The minimum Gasteiger partial charge on any atom is -0.366 e. The first-order valence-corrected chi connectivity index (χ1v) is 8.56. The van der Waals surface area contributed by atoms with E-state index >= 15 is 0 Å². The molecule has 0 aliphatic carbocycles. The van der Waals surface area contributed by atoms with Crippen molar-refractivity contribution in [3.05, 3.63) is 71.6 Å². The second-order valence-electron chi connectivity index (χ2n) is 5.46. The number of thiophene rings is 1. The molecule has 2 aromatic carbocycles. The van der Waals surface area contributed by atoms with Crippen LogP contribution >= 0.6 is 11.3 Å². The highest BCUT2D eigenvalue weighted by Crippen LogP contribution is 2.29. The summed E-state index contributed by atoms with van der Waals surface area (Å²) in [6.07, 6.45) is 0. The molecule has 5 nitrogen and oxygen atoms in total. The van der Waals surface area contributed by atoms with Gasteiger partial charge in [-0.1, -0.05) is 18.2 Å². The molecule has 4 aromatic rings. The molecular formula is C19H14N4OS. The highest BCUT2D eigenvalue weighted by atomic mass is 32.1. The van der Waals surface area contributed by atoms with Crippen LogP contribution in [0.15, 0.2) is 66.0 Å². The maximum atomic E-state index is 11.2. The maximum Gasteiger partial charge on any atom is 0.248 e. The van der Waals surface area contributed by atoms with Gasteiger partial charge in [-0.05, 0) is 47.8 Å². The van der Waals surface area contributed by atoms with Crippen molar-refractivity contribution in [2.45, 2.75) is 0 Å². The molecule has 0 aliphatic rings. The molecule has 4 rings (SSSR count). The van der Waals surface area contributed by atoms with Crippen LogP contribution in [0.4, 0.5) is 11.5 Å². The van der Waals surface area contributed by atoms with Gasteiger partial charge in [-0.2, -0.15) is 0 Å². The van der Waals surface area contributed by atoms with E-state index in [9.17, 15) is 4.79 Å². The summed E-state index contributed by atoms with van der Waals surface area (Å²) >= 11 is 1.60. The predicted molar refractivity (Wildman–Crippen MR) is 101 cm³/mol. The molecule has 0 radical (unpaired) electrons. The average Bonchev–Trinajstić information content (AvgIpc) is 3.17. The Bertz CT molecular complexity index is 1040. The molecule has 1 amide bonds. The minimum atomic E-state index is -0.445. The van der Waals surface area contributed by atoms with Crippen molar-refractivity contribution >= 4 is 39.7 Å². The van der Waals surface area contributed by atoms with Gasteiger partial charge in [-0.15, -0.1) is 11.3 Å². The van der Waals surface area contributed by atoms with E-state index in [4.69, 9.17) is 10.7 Å². The van der Waals surface area contributed by atoms with Crippen LogP contribution < -0.4 is 11.1 Å². The molecule has 0 aliphatic heterocycles. The van der Waals surface area contributed by atoms with Crippen molar-refractivity contribution in [1.82, 2.24) is 9.97 Å². The Morgan fingerprint density at radius 1 is 0.960 bits per heavy atom. The van der Waals surface area contributed by atoms with Gasteiger partial charge in [-0.3, -0.25) is 4.79 Å². The lowest BCUT2D eigenvalue weighted by Gasteiger charge is -2.10. The number of benzene rings is 2. The summed E-state index contributed by atoms with van der Waals surface area (Å²) < 4.78 is 0. The van der Waals surface area contributed by atoms with Crippen molar-refractivity contribution in [1.29, 1.82) is 0 Å². The first-order valence-electron chi connectivity index (χ1n) is 7.68. The molecule has 0 atom stereocenters. The number of carbonyl (C=O) groups is 1. The molecule has 0 saturated heterocycles. The predicted octanol–water partition coefficient (Wildman–Crippen LogP) is 4.20. The number of amides is 1. The van der Waals surface area contributed by atoms with Crippen LogP contribution in [0.2, 0.25) is 0 Å². The summed E-state index contributed by atoms with van der Waals surface area (Å²) in [5, 5.41) is 6.25. The van der Waals surface area contributed by atoms with E-state index < -0.39 is 5.91 Å². The summed E-state index contributed by atoms with van der Waals surface area (Å²) in [5.41, 5.74) is 7.45. The lowest BCUT2D eigenvalue weighted by atomic mass is 10.2. The SMILES string of the molecule is NC(=O)c1ccc(Nc2nc(-c3cccs3)nc3ccccc23)cc1. The number of para-hydroxylation sites is 1. The normalized spacial score (nSPS) is 10.7. The van der Waals surface area contributed by atoms with Gasteiger partial charge in [-0.25, -0.2) is 9.97 Å². The number of nitrogens with two attached hydrogens (primary N) is 1. The van der Waals surface area contributed by atoms with Gasteiger partial charge in [0.05, 0.1) is 10.4 Å². The number of rotatable bonds is 4. The zero-order valence-electron chi connectivity index (χ0n) is 13.1. The summed E-state index contributed by atoms with van der Waals surface area (Å²) in [6.45, 7) is 0. The highest BCUT2D eigenvalue weighted by molar-refractivity contribution is 7.13. The van der Waals surface area contributed by atoms with Crippen LogP contribution in [0.3, 0.4) is 0 Å². The summed E-state index contributed by atoms with van der Waals surface area (Å²) in [4.78, 5) is 21.6. The molecule has 0 unspecified atom stereocenters. The van der Waals surface area contributed by atoms with Crippen LogP contribution in [0.25, 0.3) is 21.6 Å². The summed E-state index contributed by atoms with van der Waals surface area (Å²) in [6, 6.07) is 18.8. The number of nitrogens with zero attached hydrogens (tertiary/aromatic N) is 2. The molecule has 0 bridgehead atoms. The van der Waals surface area contributed by atoms with Crippen molar-refractivity contribution in [2.24, 2.45) is 5.73 Å². The average molecular weight is 346 g/mol. The quantitative estimate of drug-likeness (QED) is 0.580. The van der Waals surface area contributed by atoms with E-state index in [-0.39, 0.29) is 0 Å². The fourth-order valence-corrected chi connectivity index (χ4v) is 3.20.